The van der Waals surface area contributed by atoms with Gasteiger partial charge in [0.2, 0.25) is 0 Å². The number of nitrogens with zero attached hydrogens (tertiary/aromatic N) is 2. The van der Waals surface area contributed by atoms with Gasteiger partial charge in [-0.1, -0.05) is 29.4 Å². The zero-order valence-electron chi connectivity index (χ0n) is 18.5. The number of methoxy groups -OCH3 is 3. The molecule has 2 heterocycles. The number of aryl methyl sites for hydroxylation is 1. The first-order valence-electron chi connectivity index (χ1n) is 10.0. The highest BCUT2D eigenvalue weighted by Crippen LogP contribution is 2.47. The summed E-state index contributed by atoms with van der Waals surface area (Å²) in [5.41, 5.74) is 0.622. The first-order valence-corrected chi connectivity index (χ1v) is 10.0. The molecule has 9 nitrogen and oxygen atoms in total. The molecule has 1 saturated heterocycles. The number of ether oxygens (including phenoxy) is 3. The molecule has 170 valence electrons. The minimum Gasteiger partial charge on any atom is -0.507 e. The van der Waals surface area contributed by atoms with Gasteiger partial charge in [0.1, 0.15) is 23.3 Å². The van der Waals surface area contributed by atoms with Crippen molar-refractivity contribution >= 4 is 23.3 Å². The van der Waals surface area contributed by atoms with Gasteiger partial charge in [-0.2, -0.15) is 0 Å². The Hall–Kier alpha value is -4.27. The van der Waals surface area contributed by atoms with E-state index in [-0.39, 0.29) is 17.2 Å². The second-order valence-corrected chi connectivity index (χ2v) is 7.28. The van der Waals surface area contributed by atoms with Crippen molar-refractivity contribution in [2.24, 2.45) is 0 Å². The number of ketones is 1. The zero-order valence-corrected chi connectivity index (χ0v) is 18.5. The minimum atomic E-state index is -1.05. The molecule has 1 fully saturated rings. The van der Waals surface area contributed by atoms with E-state index in [1.807, 2.05) is 0 Å². The quantitative estimate of drug-likeness (QED) is 0.344. The number of anilines is 1. The highest BCUT2D eigenvalue weighted by molar-refractivity contribution is 6.51. The van der Waals surface area contributed by atoms with E-state index in [1.54, 1.807) is 49.4 Å². The lowest BCUT2D eigenvalue weighted by Crippen LogP contribution is -2.30. The number of aromatic nitrogens is 1. The van der Waals surface area contributed by atoms with Crippen LogP contribution in [0.1, 0.15) is 22.9 Å². The number of rotatable bonds is 6. The number of carbonyl (C=O) groups is 2. The molecule has 0 bridgehead atoms. The number of benzene rings is 2. The lowest BCUT2D eigenvalue weighted by molar-refractivity contribution is -0.132. The molecule has 33 heavy (non-hydrogen) atoms. The molecule has 1 aliphatic rings. The fourth-order valence-electron chi connectivity index (χ4n) is 3.88. The first-order chi connectivity index (χ1) is 15.9. The number of carbonyl (C=O) groups excluding carboxylic acids is 2. The molecule has 2 aromatic carbocycles. The van der Waals surface area contributed by atoms with Crippen molar-refractivity contribution in [1.82, 2.24) is 5.16 Å². The van der Waals surface area contributed by atoms with Crippen LogP contribution in [0.25, 0.3) is 5.76 Å². The minimum absolute atomic E-state index is 0.125. The summed E-state index contributed by atoms with van der Waals surface area (Å²) in [6.07, 6.45) is 0. The van der Waals surface area contributed by atoms with Crippen LogP contribution in [0.15, 0.2) is 58.6 Å². The van der Waals surface area contributed by atoms with E-state index in [9.17, 15) is 14.7 Å². The van der Waals surface area contributed by atoms with Crippen LogP contribution >= 0.6 is 0 Å². The van der Waals surface area contributed by atoms with Crippen molar-refractivity contribution in [1.29, 1.82) is 0 Å². The third-order valence-corrected chi connectivity index (χ3v) is 5.38. The maximum absolute atomic E-state index is 13.2. The Bertz CT molecular complexity index is 1260. The largest absolute Gasteiger partial charge is 0.507 e. The average molecular weight is 450 g/mol. The van der Waals surface area contributed by atoms with Crippen LogP contribution in [0.2, 0.25) is 0 Å². The third kappa shape index (κ3) is 3.67. The van der Waals surface area contributed by atoms with Crippen LogP contribution in [0.5, 0.6) is 17.2 Å². The molecular weight excluding hydrogens is 428 g/mol. The van der Waals surface area contributed by atoms with E-state index in [2.05, 4.69) is 5.16 Å². The van der Waals surface area contributed by atoms with Gasteiger partial charge in [0.25, 0.3) is 5.78 Å². The molecule has 1 N–H and O–H groups in total. The Kier molecular flexibility index (Phi) is 5.78. The molecule has 0 saturated carbocycles. The second-order valence-electron chi connectivity index (χ2n) is 7.28. The maximum Gasteiger partial charge on any atom is 0.301 e. The standard InChI is InChI=1S/C24H22N2O7/c1-13-11-18(25-33-13)26-20(16-9-6-10-17(31-3)23(16)32-4)19(22(28)24(26)29)21(27)14-7-5-8-15(12-14)30-2/h5-12,20,27H,1-4H3. The number of hydrogen-bond donors (Lipinski definition) is 1. The van der Waals surface area contributed by atoms with Gasteiger partial charge in [0, 0.05) is 17.2 Å². The summed E-state index contributed by atoms with van der Waals surface area (Å²) >= 11 is 0. The molecule has 1 aliphatic heterocycles. The van der Waals surface area contributed by atoms with Gasteiger partial charge >= 0.3 is 5.91 Å². The summed E-state index contributed by atoms with van der Waals surface area (Å²) in [6, 6.07) is 12.1. The molecule has 0 spiro atoms. The van der Waals surface area contributed by atoms with Gasteiger partial charge in [-0.25, -0.2) is 0 Å². The van der Waals surface area contributed by atoms with Crippen LogP contribution in [0.4, 0.5) is 5.82 Å². The lowest BCUT2D eigenvalue weighted by atomic mass is 9.94. The highest BCUT2D eigenvalue weighted by Gasteiger charge is 2.49. The summed E-state index contributed by atoms with van der Waals surface area (Å²) < 4.78 is 21.4. The van der Waals surface area contributed by atoms with Crippen LogP contribution in [0.3, 0.4) is 0 Å². The lowest BCUT2D eigenvalue weighted by Gasteiger charge is -2.25. The van der Waals surface area contributed by atoms with Gasteiger partial charge in [0.05, 0.1) is 26.9 Å². The number of amides is 1. The van der Waals surface area contributed by atoms with Crippen LogP contribution in [0, 0.1) is 6.92 Å². The first kappa shape index (κ1) is 21.9. The topological polar surface area (TPSA) is 111 Å². The van der Waals surface area contributed by atoms with Crippen molar-refractivity contribution in [2.75, 3.05) is 26.2 Å². The molecule has 1 aromatic heterocycles. The summed E-state index contributed by atoms with van der Waals surface area (Å²) in [5, 5.41) is 15.2. The van der Waals surface area contributed by atoms with Crippen LogP contribution < -0.4 is 19.1 Å². The van der Waals surface area contributed by atoms with E-state index >= 15 is 0 Å². The molecule has 1 amide bonds. The van der Waals surface area contributed by atoms with Gasteiger partial charge in [-0.15, -0.1) is 0 Å². The molecular formula is C24H22N2O7. The van der Waals surface area contributed by atoms with E-state index in [0.29, 0.717) is 34.1 Å². The van der Waals surface area contributed by atoms with E-state index in [0.717, 1.165) is 0 Å². The predicted molar refractivity (Wildman–Crippen MR) is 119 cm³/mol. The maximum atomic E-state index is 13.2. The van der Waals surface area contributed by atoms with E-state index in [1.165, 1.54) is 32.3 Å². The Morgan fingerprint density at radius 2 is 1.79 bits per heavy atom. The molecule has 9 heteroatoms. The number of hydrogen-bond acceptors (Lipinski definition) is 8. The number of aliphatic hydroxyl groups is 1. The molecule has 0 aliphatic carbocycles. The van der Waals surface area contributed by atoms with Crippen molar-refractivity contribution in [3.8, 4) is 17.2 Å². The molecule has 1 atom stereocenters. The summed E-state index contributed by atoms with van der Waals surface area (Å²) in [5.74, 6) is -0.300. The number of para-hydroxylation sites is 1. The molecule has 1 unspecified atom stereocenters. The number of Topliss-reactive ketones (excluding diaryl/α,β-unsaturated/α-hetero) is 1. The second kappa shape index (κ2) is 8.70. The van der Waals surface area contributed by atoms with Gasteiger partial charge < -0.3 is 23.8 Å². The molecule has 0 radical (unpaired) electrons. The Labute approximate surface area is 189 Å². The SMILES string of the molecule is COc1cccc(C(O)=C2C(=O)C(=O)N(c3cc(C)on3)C2c2cccc(OC)c2OC)c1. The van der Waals surface area contributed by atoms with E-state index < -0.39 is 17.7 Å². The normalized spacial score (nSPS) is 17.3. The van der Waals surface area contributed by atoms with Crippen molar-refractivity contribution in [3.05, 3.63) is 71.0 Å². The van der Waals surface area contributed by atoms with Crippen molar-refractivity contribution < 1.29 is 33.4 Å². The van der Waals surface area contributed by atoms with Gasteiger partial charge in [0.15, 0.2) is 17.3 Å². The van der Waals surface area contributed by atoms with Crippen LogP contribution in [-0.2, 0) is 9.59 Å². The van der Waals surface area contributed by atoms with E-state index in [4.69, 9.17) is 18.7 Å². The Morgan fingerprint density at radius 1 is 1.03 bits per heavy atom. The van der Waals surface area contributed by atoms with Crippen LogP contribution in [-0.4, -0.2) is 43.3 Å². The predicted octanol–water partition coefficient (Wildman–Crippen LogP) is 3.64. The number of aliphatic hydroxyl groups excluding tert-OH is 1. The average Bonchev–Trinajstić information content (AvgIpc) is 3.38. The molecule has 4 rings (SSSR count). The summed E-state index contributed by atoms with van der Waals surface area (Å²) in [6.45, 7) is 1.67. The molecule has 3 aromatic rings. The smallest absolute Gasteiger partial charge is 0.301 e. The Balaban J connectivity index is 2.01. The van der Waals surface area contributed by atoms with Crippen molar-refractivity contribution in [3.63, 3.8) is 0 Å². The monoisotopic (exact) mass is 450 g/mol. The fraction of sp³-hybridized carbons (Fsp3) is 0.208. The third-order valence-electron chi connectivity index (χ3n) is 5.38. The van der Waals surface area contributed by atoms with Crippen molar-refractivity contribution in [2.45, 2.75) is 13.0 Å². The Morgan fingerprint density at radius 3 is 2.42 bits per heavy atom. The fourth-order valence-corrected chi connectivity index (χ4v) is 3.88. The zero-order chi connectivity index (χ0) is 23.7. The summed E-state index contributed by atoms with van der Waals surface area (Å²) in [4.78, 5) is 27.6. The highest BCUT2D eigenvalue weighted by atomic mass is 16.5. The summed E-state index contributed by atoms with van der Waals surface area (Å²) in [7, 11) is 4.43. The van der Waals surface area contributed by atoms with Gasteiger partial charge in [-0.05, 0) is 25.1 Å². The van der Waals surface area contributed by atoms with Gasteiger partial charge in [-0.3, -0.25) is 14.5 Å².